The maximum atomic E-state index is 6.23. The summed E-state index contributed by atoms with van der Waals surface area (Å²) >= 11 is 0. The first kappa shape index (κ1) is 25.4. The number of benzene rings is 2. The van der Waals surface area contributed by atoms with Gasteiger partial charge in [0, 0.05) is 17.7 Å². The molecule has 36 heavy (non-hydrogen) atoms. The van der Waals surface area contributed by atoms with Crippen LogP contribution in [0.1, 0.15) is 29.3 Å². The Bertz CT molecular complexity index is 1200. The number of aromatic nitrogens is 1. The lowest BCUT2D eigenvalue weighted by Gasteiger charge is -2.23. The molecule has 2 aromatic carbocycles. The molecular weight excluding hydrogens is 458 g/mol. The maximum Gasteiger partial charge on any atom is 0.218 e. The fourth-order valence-corrected chi connectivity index (χ4v) is 3.75. The highest BCUT2D eigenvalue weighted by atomic mass is 16.6. The molecule has 1 aliphatic rings. The van der Waals surface area contributed by atoms with Gasteiger partial charge in [-0.2, -0.15) is 0 Å². The molecule has 3 aromatic rings. The molecule has 0 radical (unpaired) electrons. The molecule has 7 heteroatoms. The highest BCUT2D eigenvalue weighted by Gasteiger charge is 2.18. The average molecular weight is 490 g/mol. The Balaban J connectivity index is 1.65. The Morgan fingerprint density at radius 3 is 2.53 bits per heavy atom. The fraction of sp³-hybridized carbons (Fsp3) is 0.345. The van der Waals surface area contributed by atoms with Crippen LogP contribution in [-0.4, -0.2) is 51.7 Å². The number of rotatable bonds is 9. The van der Waals surface area contributed by atoms with Gasteiger partial charge in [-0.1, -0.05) is 43.2 Å². The topological polar surface area (TPSA) is 68.3 Å². The Morgan fingerprint density at radius 2 is 1.81 bits per heavy atom. The molecule has 0 unspecified atom stereocenters. The van der Waals surface area contributed by atoms with Crippen LogP contribution in [0.25, 0.3) is 0 Å². The third-order valence-electron chi connectivity index (χ3n) is 5.68. The van der Waals surface area contributed by atoms with E-state index in [4.69, 9.17) is 33.4 Å². The van der Waals surface area contributed by atoms with Crippen molar-refractivity contribution in [3.63, 3.8) is 0 Å². The van der Waals surface area contributed by atoms with Crippen molar-refractivity contribution < 1.29 is 28.4 Å². The number of methoxy groups -OCH3 is 2. The van der Waals surface area contributed by atoms with E-state index < -0.39 is 0 Å². The van der Waals surface area contributed by atoms with Crippen LogP contribution < -0.4 is 18.9 Å². The largest absolute Gasteiger partial charge is 0.497 e. The van der Waals surface area contributed by atoms with Gasteiger partial charge in [-0.3, -0.25) is 0 Å². The van der Waals surface area contributed by atoms with Crippen LogP contribution in [-0.2, 0) is 22.5 Å². The smallest absolute Gasteiger partial charge is 0.218 e. The number of ether oxygens (including phenoxy) is 6. The first-order valence-corrected chi connectivity index (χ1v) is 12.0. The van der Waals surface area contributed by atoms with Gasteiger partial charge in [0.15, 0.2) is 0 Å². The molecule has 2 heterocycles. The van der Waals surface area contributed by atoms with Crippen LogP contribution in [0.3, 0.4) is 0 Å². The molecule has 0 saturated carbocycles. The first-order valence-electron chi connectivity index (χ1n) is 12.0. The van der Waals surface area contributed by atoms with Crippen LogP contribution in [0.5, 0.6) is 23.1 Å². The standard InChI is InChI=1S/C29H31NO6/c1-4-25-26(13-11-22-10-12-23(31-2)16-27(22)32-3)30-29(36-20-24-19-33-14-15-34-24)17-28(25)35-18-21-8-6-5-7-9-21/h5-10,12,16-17,24H,4,14-15,18-20H2,1-3H3/t24-/m0/s1. The number of hydrogen-bond donors (Lipinski definition) is 0. The summed E-state index contributed by atoms with van der Waals surface area (Å²) in [4.78, 5) is 4.71. The first-order chi connectivity index (χ1) is 17.7. The molecule has 4 rings (SSSR count). The van der Waals surface area contributed by atoms with Gasteiger partial charge in [-0.25, -0.2) is 4.98 Å². The van der Waals surface area contributed by atoms with Crippen molar-refractivity contribution >= 4 is 0 Å². The van der Waals surface area contributed by atoms with Gasteiger partial charge in [-0.05, 0) is 30.0 Å². The number of hydrogen-bond acceptors (Lipinski definition) is 7. The van der Waals surface area contributed by atoms with E-state index in [1.54, 1.807) is 20.3 Å². The van der Waals surface area contributed by atoms with Gasteiger partial charge >= 0.3 is 0 Å². The van der Waals surface area contributed by atoms with E-state index in [0.29, 0.717) is 68.3 Å². The van der Waals surface area contributed by atoms with Crippen molar-refractivity contribution in [2.75, 3.05) is 40.6 Å². The Labute approximate surface area is 212 Å². The third-order valence-corrected chi connectivity index (χ3v) is 5.68. The average Bonchev–Trinajstić information content (AvgIpc) is 2.94. The molecular formula is C29H31NO6. The third kappa shape index (κ3) is 6.69. The van der Waals surface area contributed by atoms with Crippen LogP contribution in [0.4, 0.5) is 0 Å². The molecule has 1 aromatic heterocycles. The quantitative estimate of drug-likeness (QED) is 0.412. The lowest BCUT2D eigenvalue weighted by molar-refractivity contribution is -0.102. The molecule has 0 bridgehead atoms. The normalized spacial score (nSPS) is 14.9. The van der Waals surface area contributed by atoms with Crippen molar-refractivity contribution in [1.29, 1.82) is 0 Å². The summed E-state index contributed by atoms with van der Waals surface area (Å²) in [6.07, 6.45) is 0.555. The van der Waals surface area contributed by atoms with Crippen molar-refractivity contribution in [3.05, 3.63) is 77.0 Å². The van der Waals surface area contributed by atoms with E-state index in [2.05, 4.69) is 18.8 Å². The highest BCUT2D eigenvalue weighted by Crippen LogP contribution is 2.29. The van der Waals surface area contributed by atoms with Gasteiger partial charge in [0.05, 0.1) is 39.6 Å². The second-order valence-corrected chi connectivity index (χ2v) is 8.11. The zero-order valence-electron chi connectivity index (χ0n) is 20.9. The zero-order chi connectivity index (χ0) is 25.2. The van der Waals surface area contributed by atoms with Crippen LogP contribution in [0.15, 0.2) is 54.6 Å². The van der Waals surface area contributed by atoms with E-state index in [1.807, 2.05) is 48.5 Å². The van der Waals surface area contributed by atoms with Crippen molar-refractivity contribution in [1.82, 2.24) is 4.98 Å². The van der Waals surface area contributed by atoms with E-state index in [-0.39, 0.29) is 6.10 Å². The minimum absolute atomic E-state index is 0.141. The fourth-order valence-electron chi connectivity index (χ4n) is 3.75. The van der Waals surface area contributed by atoms with Gasteiger partial charge in [-0.15, -0.1) is 0 Å². The summed E-state index contributed by atoms with van der Waals surface area (Å²) in [7, 11) is 3.22. The van der Waals surface area contributed by atoms with Crippen LogP contribution in [0, 0.1) is 11.8 Å². The second-order valence-electron chi connectivity index (χ2n) is 8.11. The summed E-state index contributed by atoms with van der Waals surface area (Å²) in [5.41, 5.74) is 3.31. The SMILES string of the molecule is CCc1c(OCc2ccccc2)cc(OC[C@@H]2COCCO2)nc1C#Cc1ccc(OC)cc1OC. The Morgan fingerprint density at radius 1 is 0.944 bits per heavy atom. The van der Waals surface area contributed by atoms with Gasteiger partial charge < -0.3 is 28.4 Å². The van der Waals surface area contributed by atoms with Crippen LogP contribution >= 0.6 is 0 Å². The zero-order valence-corrected chi connectivity index (χ0v) is 20.9. The molecule has 0 spiro atoms. The van der Waals surface area contributed by atoms with Crippen molar-refractivity contribution in [3.8, 4) is 35.0 Å². The lowest BCUT2D eigenvalue weighted by atomic mass is 10.1. The molecule has 0 amide bonds. The predicted octanol–water partition coefficient (Wildman–Crippen LogP) is 4.43. The van der Waals surface area contributed by atoms with E-state index in [1.165, 1.54) is 0 Å². The minimum atomic E-state index is -0.141. The van der Waals surface area contributed by atoms with Crippen molar-refractivity contribution in [2.24, 2.45) is 0 Å². The molecule has 1 saturated heterocycles. The van der Waals surface area contributed by atoms with E-state index >= 15 is 0 Å². The summed E-state index contributed by atoms with van der Waals surface area (Å²) in [5, 5.41) is 0. The Hall–Kier alpha value is -3.73. The highest BCUT2D eigenvalue weighted by molar-refractivity contribution is 5.54. The molecule has 0 N–H and O–H groups in total. The van der Waals surface area contributed by atoms with E-state index in [0.717, 1.165) is 16.7 Å². The monoisotopic (exact) mass is 489 g/mol. The summed E-state index contributed by atoms with van der Waals surface area (Å²) < 4.78 is 34.2. The maximum absolute atomic E-state index is 6.23. The Kier molecular flexibility index (Phi) is 9.03. The summed E-state index contributed by atoms with van der Waals surface area (Å²) in [6.45, 7) is 4.47. The number of pyridine rings is 1. The van der Waals surface area contributed by atoms with E-state index in [9.17, 15) is 0 Å². The molecule has 0 aliphatic carbocycles. The van der Waals surface area contributed by atoms with Crippen molar-refractivity contribution in [2.45, 2.75) is 26.1 Å². The number of nitrogens with zero attached hydrogens (tertiary/aromatic N) is 1. The van der Waals surface area contributed by atoms with Gasteiger partial charge in [0.1, 0.15) is 42.3 Å². The molecule has 188 valence electrons. The minimum Gasteiger partial charge on any atom is -0.497 e. The second kappa shape index (κ2) is 12.8. The summed E-state index contributed by atoms with van der Waals surface area (Å²) in [6, 6.07) is 17.4. The lowest BCUT2D eigenvalue weighted by Crippen LogP contribution is -2.33. The van der Waals surface area contributed by atoms with Crippen LogP contribution in [0.2, 0.25) is 0 Å². The predicted molar refractivity (Wildman–Crippen MR) is 136 cm³/mol. The summed E-state index contributed by atoms with van der Waals surface area (Å²) in [5.74, 6) is 8.85. The van der Waals surface area contributed by atoms with Gasteiger partial charge in [0.2, 0.25) is 5.88 Å². The molecule has 1 atom stereocenters. The molecule has 1 aliphatic heterocycles. The molecule has 7 nitrogen and oxygen atoms in total. The molecule has 1 fully saturated rings. The van der Waals surface area contributed by atoms with Gasteiger partial charge in [0.25, 0.3) is 0 Å².